The van der Waals surface area contributed by atoms with E-state index in [4.69, 9.17) is 4.74 Å². The molecular weight excluding hydrogens is 248 g/mol. The van der Waals surface area contributed by atoms with Gasteiger partial charge in [0.25, 0.3) is 0 Å². The zero-order chi connectivity index (χ0) is 15.1. The fraction of sp³-hybridized carbons (Fsp3) is 0.833. The summed E-state index contributed by atoms with van der Waals surface area (Å²) in [7, 11) is 0. The molecule has 118 valence electrons. The van der Waals surface area contributed by atoms with Crippen molar-refractivity contribution in [2.24, 2.45) is 0 Å². The van der Waals surface area contributed by atoms with Crippen LogP contribution in [-0.4, -0.2) is 12.1 Å². The van der Waals surface area contributed by atoms with E-state index in [2.05, 4.69) is 19.1 Å². The molecule has 20 heavy (non-hydrogen) atoms. The minimum atomic E-state index is -0.0294. The van der Waals surface area contributed by atoms with Crippen molar-refractivity contribution in [3.63, 3.8) is 0 Å². The van der Waals surface area contributed by atoms with E-state index in [1.54, 1.807) is 0 Å². The highest BCUT2D eigenvalue weighted by atomic mass is 16.5. The first-order chi connectivity index (χ1) is 9.70. The lowest BCUT2D eigenvalue weighted by Crippen LogP contribution is -2.13. The Morgan fingerprint density at radius 1 is 0.950 bits per heavy atom. The maximum atomic E-state index is 11.4. The van der Waals surface area contributed by atoms with Gasteiger partial charge in [-0.3, -0.25) is 4.79 Å². The van der Waals surface area contributed by atoms with E-state index in [0.717, 1.165) is 19.3 Å². The second-order valence-electron chi connectivity index (χ2n) is 5.63. The van der Waals surface area contributed by atoms with Crippen molar-refractivity contribution in [1.82, 2.24) is 0 Å². The summed E-state index contributed by atoms with van der Waals surface area (Å²) < 4.78 is 5.24. The summed E-state index contributed by atoms with van der Waals surface area (Å²) >= 11 is 0. The van der Waals surface area contributed by atoms with Gasteiger partial charge >= 0.3 is 5.97 Å². The number of allylic oxidation sites excluding steroid dienone is 2. The SMILES string of the molecule is CCCCC=CCCCCCCCC(=O)OC(C)CC. The molecule has 0 amide bonds. The quantitative estimate of drug-likeness (QED) is 0.242. The molecule has 0 aromatic heterocycles. The van der Waals surface area contributed by atoms with Gasteiger partial charge in [-0.25, -0.2) is 0 Å². The number of hydrogen-bond acceptors (Lipinski definition) is 2. The number of carbonyl (C=O) groups is 1. The first kappa shape index (κ1) is 19.2. The van der Waals surface area contributed by atoms with Gasteiger partial charge in [0.2, 0.25) is 0 Å². The molecule has 0 aromatic carbocycles. The fourth-order valence-electron chi connectivity index (χ4n) is 1.99. The molecule has 0 N–H and O–H groups in total. The Hall–Kier alpha value is -0.790. The first-order valence-corrected chi connectivity index (χ1v) is 8.55. The van der Waals surface area contributed by atoms with Crippen molar-refractivity contribution in [2.45, 2.75) is 97.5 Å². The summed E-state index contributed by atoms with van der Waals surface area (Å²) in [6, 6.07) is 0. The van der Waals surface area contributed by atoms with Gasteiger partial charge in [-0.15, -0.1) is 0 Å². The highest BCUT2D eigenvalue weighted by Crippen LogP contribution is 2.09. The molecule has 1 atom stereocenters. The van der Waals surface area contributed by atoms with Crippen molar-refractivity contribution in [1.29, 1.82) is 0 Å². The maximum Gasteiger partial charge on any atom is 0.306 e. The molecule has 1 unspecified atom stereocenters. The molecule has 0 spiro atoms. The molecule has 0 aliphatic carbocycles. The Morgan fingerprint density at radius 2 is 1.55 bits per heavy atom. The minimum absolute atomic E-state index is 0.0294. The van der Waals surface area contributed by atoms with Crippen LogP contribution in [0.25, 0.3) is 0 Å². The van der Waals surface area contributed by atoms with Gasteiger partial charge in [0.15, 0.2) is 0 Å². The predicted molar refractivity (Wildman–Crippen MR) is 86.8 cm³/mol. The summed E-state index contributed by atoms with van der Waals surface area (Å²) in [6.07, 6.45) is 17.1. The summed E-state index contributed by atoms with van der Waals surface area (Å²) in [4.78, 5) is 11.4. The molecule has 0 aromatic rings. The number of rotatable bonds is 13. The molecule has 0 aliphatic rings. The number of unbranched alkanes of at least 4 members (excludes halogenated alkanes) is 7. The third kappa shape index (κ3) is 13.6. The van der Waals surface area contributed by atoms with Crippen LogP contribution in [0.2, 0.25) is 0 Å². The van der Waals surface area contributed by atoms with Crippen molar-refractivity contribution in [3.8, 4) is 0 Å². The summed E-state index contributed by atoms with van der Waals surface area (Å²) in [5.74, 6) is -0.0294. The van der Waals surface area contributed by atoms with Crippen LogP contribution in [0.1, 0.15) is 91.4 Å². The van der Waals surface area contributed by atoms with Crippen molar-refractivity contribution in [2.75, 3.05) is 0 Å². The lowest BCUT2D eigenvalue weighted by molar-refractivity contribution is -0.148. The van der Waals surface area contributed by atoms with E-state index >= 15 is 0 Å². The van der Waals surface area contributed by atoms with Crippen molar-refractivity contribution >= 4 is 5.97 Å². The number of esters is 1. The van der Waals surface area contributed by atoms with Crippen molar-refractivity contribution < 1.29 is 9.53 Å². The van der Waals surface area contributed by atoms with Crippen LogP contribution in [0.15, 0.2) is 12.2 Å². The fourth-order valence-corrected chi connectivity index (χ4v) is 1.99. The topological polar surface area (TPSA) is 26.3 Å². The third-order valence-electron chi connectivity index (χ3n) is 3.55. The van der Waals surface area contributed by atoms with Crippen LogP contribution >= 0.6 is 0 Å². The smallest absolute Gasteiger partial charge is 0.306 e. The molecular formula is C18H34O2. The van der Waals surface area contributed by atoms with Gasteiger partial charge in [0.05, 0.1) is 6.10 Å². The van der Waals surface area contributed by atoms with Crippen LogP contribution in [0.4, 0.5) is 0 Å². The average Bonchev–Trinajstić information content (AvgIpc) is 2.44. The Bertz CT molecular complexity index is 246. The van der Waals surface area contributed by atoms with Crippen LogP contribution < -0.4 is 0 Å². The molecule has 0 rings (SSSR count). The van der Waals surface area contributed by atoms with Gasteiger partial charge in [-0.05, 0) is 39.0 Å². The molecule has 0 heterocycles. The summed E-state index contributed by atoms with van der Waals surface area (Å²) in [5.41, 5.74) is 0. The molecule has 2 nitrogen and oxygen atoms in total. The molecule has 0 fully saturated rings. The second-order valence-corrected chi connectivity index (χ2v) is 5.63. The van der Waals surface area contributed by atoms with E-state index in [1.165, 1.54) is 44.9 Å². The lowest BCUT2D eigenvalue weighted by Gasteiger charge is -2.10. The van der Waals surface area contributed by atoms with Crippen LogP contribution in [0.5, 0.6) is 0 Å². The molecule has 0 saturated heterocycles. The molecule has 0 radical (unpaired) electrons. The monoisotopic (exact) mass is 282 g/mol. The normalized spacial score (nSPS) is 12.8. The Labute approximate surface area is 126 Å². The van der Waals surface area contributed by atoms with Crippen molar-refractivity contribution in [3.05, 3.63) is 12.2 Å². The van der Waals surface area contributed by atoms with Crippen LogP contribution in [0, 0.1) is 0 Å². The summed E-state index contributed by atoms with van der Waals surface area (Å²) in [6.45, 7) is 6.22. The second kappa shape index (κ2) is 14.6. The molecule has 0 bridgehead atoms. The zero-order valence-electron chi connectivity index (χ0n) is 13.8. The number of carbonyl (C=O) groups excluding carboxylic acids is 1. The highest BCUT2D eigenvalue weighted by molar-refractivity contribution is 5.69. The van der Waals surface area contributed by atoms with E-state index in [0.29, 0.717) is 6.42 Å². The minimum Gasteiger partial charge on any atom is -0.463 e. The van der Waals surface area contributed by atoms with Gasteiger partial charge in [0.1, 0.15) is 0 Å². The van der Waals surface area contributed by atoms with Gasteiger partial charge in [0, 0.05) is 6.42 Å². The van der Waals surface area contributed by atoms with E-state index in [-0.39, 0.29) is 12.1 Å². The lowest BCUT2D eigenvalue weighted by atomic mass is 10.1. The highest BCUT2D eigenvalue weighted by Gasteiger charge is 2.06. The van der Waals surface area contributed by atoms with Gasteiger partial charge in [-0.1, -0.05) is 58.1 Å². The molecule has 0 saturated carbocycles. The Morgan fingerprint density at radius 3 is 2.20 bits per heavy atom. The zero-order valence-corrected chi connectivity index (χ0v) is 13.8. The number of ether oxygens (including phenoxy) is 1. The van der Waals surface area contributed by atoms with Gasteiger partial charge < -0.3 is 4.74 Å². The van der Waals surface area contributed by atoms with E-state index in [1.807, 2.05) is 13.8 Å². The average molecular weight is 282 g/mol. The van der Waals surface area contributed by atoms with E-state index in [9.17, 15) is 4.79 Å². The standard InChI is InChI=1S/C18H34O2/c1-4-6-7-8-9-10-11-12-13-14-15-16-18(19)20-17(3)5-2/h8-9,17H,4-7,10-16H2,1-3H3. The van der Waals surface area contributed by atoms with E-state index < -0.39 is 0 Å². The Kier molecular flexibility index (Phi) is 14.0. The number of hydrogen-bond donors (Lipinski definition) is 0. The molecule has 0 aliphatic heterocycles. The largest absolute Gasteiger partial charge is 0.463 e. The third-order valence-corrected chi connectivity index (χ3v) is 3.55. The van der Waals surface area contributed by atoms with Gasteiger partial charge in [-0.2, -0.15) is 0 Å². The molecule has 2 heteroatoms. The van der Waals surface area contributed by atoms with Crippen LogP contribution in [-0.2, 0) is 9.53 Å². The maximum absolute atomic E-state index is 11.4. The predicted octanol–water partition coefficient (Wildman–Crippen LogP) is 5.81. The summed E-state index contributed by atoms with van der Waals surface area (Å²) in [5, 5.41) is 0. The van der Waals surface area contributed by atoms with Crippen LogP contribution in [0.3, 0.4) is 0 Å². The first-order valence-electron chi connectivity index (χ1n) is 8.55. The Balaban J connectivity index is 3.24.